The highest BCUT2D eigenvalue weighted by Crippen LogP contribution is 2.33. The zero-order valence-electron chi connectivity index (χ0n) is 17.9. The number of carbonyl (C=O) groups excluding carboxylic acids is 2. The van der Waals surface area contributed by atoms with E-state index in [1.807, 2.05) is 26.8 Å². The SMILES string of the molecule is CNC(=O)c1ccc(C)c(NC(=O)c2sc3nc(C(C)(C)C)nc(C)c3c2C)c1. The molecule has 0 saturated carbocycles. The van der Waals surface area contributed by atoms with Gasteiger partial charge in [0.2, 0.25) is 0 Å². The van der Waals surface area contributed by atoms with Crippen LogP contribution in [0.2, 0.25) is 0 Å². The normalized spacial score (nSPS) is 11.6. The van der Waals surface area contributed by atoms with Crippen LogP contribution in [0.3, 0.4) is 0 Å². The first kappa shape index (κ1) is 20.9. The number of aryl methyl sites for hydroxylation is 3. The quantitative estimate of drug-likeness (QED) is 0.665. The molecule has 0 aliphatic heterocycles. The van der Waals surface area contributed by atoms with Crippen molar-refractivity contribution in [1.29, 1.82) is 0 Å². The van der Waals surface area contributed by atoms with Gasteiger partial charge in [0.15, 0.2) is 0 Å². The van der Waals surface area contributed by atoms with Gasteiger partial charge in [0.25, 0.3) is 11.8 Å². The molecule has 2 amide bonds. The minimum atomic E-state index is -0.209. The van der Waals surface area contributed by atoms with Crippen LogP contribution < -0.4 is 10.6 Å². The minimum absolute atomic E-state index is 0.170. The number of nitrogens with zero attached hydrogens (tertiary/aromatic N) is 2. The molecule has 0 aliphatic carbocycles. The van der Waals surface area contributed by atoms with E-state index in [4.69, 9.17) is 4.98 Å². The number of hydrogen-bond acceptors (Lipinski definition) is 5. The number of benzene rings is 1. The van der Waals surface area contributed by atoms with Gasteiger partial charge in [-0.2, -0.15) is 0 Å². The maximum atomic E-state index is 13.1. The molecule has 1 aromatic carbocycles. The summed E-state index contributed by atoms with van der Waals surface area (Å²) in [6, 6.07) is 5.25. The Morgan fingerprint density at radius 1 is 1.03 bits per heavy atom. The number of thiophene rings is 1. The molecule has 29 heavy (non-hydrogen) atoms. The molecule has 3 rings (SSSR count). The molecule has 0 aliphatic rings. The molecule has 6 nitrogen and oxygen atoms in total. The van der Waals surface area contributed by atoms with E-state index in [1.165, 1.54) is 11.3 Å². The van der Waals surface area contributed by atoms with E-state index in [2.05, 4.69) is 36.4 Å². The van der Waals surface area contributed by atoms with Gasteiger partial charge in [-0.25, -0.2) is 9.97 Å². The molecule has 152 valence electrons. The van der Waals surface area contributed by atoms with Crippen LogP contribution in [-0.2, 0) is 5.41 Å². The predicted molar refractivity (Wildman–Crippen MR) is 118 cm³/mol. The van der Waals surface area contributed by atoms with Crippen molar-refractivity contribution in [3.8, 4) is 0 Å². The number of aromatic nitrogens is 2. The second-order valence-electron chi connectivity index (χ2n) is 8.18. The summed E-state index contributed by atoms with van der Waals surface area (Å²) in [5, 5.41) is 6.49. The largest absolute Gasteiger partial charge is 0.355 e. The van der Waals surface area contributed by atoms with Gasteiger partial charge in [-0.1, -0.05) is 26.8 Å². The van der Waals surface area contributed by atoms with E-state index >= 15 is 0 Å². The van der Waals surface area contributed by atoms with E-state index in [0.29, 0.717) is 16.1 Å². The van der Waals surface area contributed by atoms with Crippen molar-refractivity contribution in [1.82, 2.24) is 15.3 Å². The zero-order chi connectivity index (χ0) is 21.5. The lowest BCUT2D eigenvalue weighted by Crippen LogP contribution is -2.19. The third-order valence-electron chi connectivity index (χ3n) is 4.82. The highest BCUT2D eigenvalue weighted by Gasteiger charge is 2.23. The monoisotopic (exact) mass is 410 g/mol. The topological polar surface area (TPSA) is 84.0 Å². The molecule has 2 heterocycles. The van der Waals surface area contributed by atoms with Crippen molar-refractivity contribution in [2.45, 2.75) is 47.0 Å². The van der Waals surface area contributed by atoms with E-state index in [-0.39, 0.29) is 17.2 Å². The zero-order valence-corrected chi connectivity index (χ0v) is 18.7. The lowest BCUT2D eigenvalue weighted by atomic mass is 9.95. The molecule has 2 N–H and O–H groups in total. The molecular formula is C22H26N4O2S. The Kier molecular flexibility index (Phi) is 5.45. The fraction of sp³-hybridized carbons (Fsp3) is 0.364. The summed E-state index contributed by atoms with van der Waals surface area (Å²) in [4.78, 5) is 35.8. The third kappa shape index (κ3) is 4.00. The molecule has 3 aromatic rings. The fourth-order valence-corrected chi connectivity index (χ4v) is 4.24. The Morgan fingerprint density at radius 3 is 2.34 bits per heavy atom. The molecule has 0 unspecified atom stereocenters. The van der Waals surface area contributed by atoms with Crippen molar-refractivity contribution in [3.05, 3.63) is 51.3 Å². The Balaban J connectivity index is 2.01. The highest BCUT2D eigenvalue weighted by molar-refractivity contribution is 7.20. The van der Waals surface area contributed by atoms with Crippen molar-refractivity contribution in [2.24, 2.45) is 0 Å². The van der Waals surface area contributed by atoms with Gasteiger partial charge >= 0.3 is 0 Å². The van der Waals surface area contributed by atoms with Crippen molar-refractivity contribution < 1.29 is 9.59 Å². The number of fused-ring (bicyclic) bond motifs is 1. The smallest absolute Gasteiger partial charge is 0.266 e. The number of carbonyl (C=O) groups is 2. The van der Waals surface area contributed by atoms with Gasteiger partial charge in [-0.3, -0.25) is 9.59 Å². The van der Waals surface area contributed by atoms with E-state index in [1.54, 1.807) is 19.2 Å². The lowest BCUT2D eigenvalue weighted by molar-refractivity contribution is 0.0961. The molecular weight excluding hydrogens is 384 g/mol. The summed E-state index contributed by atoms with van der Waals surface area (Å²) < 4.78 is 0. The van der Waals surface area contributed by atoms with E-state index < -0.39 is 0 Å². The number of rotatable bonds is 3. The summed E-state index contributed by atoms with van der Waals surface area (Å²) in [6.07, 6.45) is 0. The van der Waals surface area contributed by atoms with Crippen LogP contribution in [0, 0.1) is 20.8 Å². The first-order chi connectivity index (χ1) is 13.5. The summed E-state index contributed by atoms with van der Waals surface area (Å²) >= 11 is 1.37. The molecule has 0 radical (unpaired) electrons. The molecule has 0 spiro atoms. The van der Waals surface area contributed by atoms with Gasteiger partial charge in [-0.05, 0) is 44.0 Å². The van der Waals surface area contributed by atoms with Crippen LogP contribution in [-0.4, -0.2) is 28.8 Å². The maximum absolute atomic E-state index is 13.1. The Bertz CT molecular complexity index is 1130. The molecule has 0 bridgehead atoms. The maximum Gasteiger partial charge on any atom is 0.266 e. The molecule has 2 aromatic heterocycles. The molecule has 0 saturated heterocycles. The lowest BCUT2D eigenvalue weighted by Gasteiger charge is -2.16. The van der Waals surface area contributed by atoms with Crippen LogP contribution in [0.25, 0.3) is 10.2 Å². The molecule has 0 atom stereocenters. The van der Waals surface area contributed by atoms with E-state index in [9.17, 15) is 9.59 Å². The van der Waals surface area contributed by atoms with Crippen LogP contribution in [0.5, 0.6) is 0 Å². The van der Waals surface area contributed by atoms with Crippen LogP contribution in [0.15, 0.2) is 18.2 Å². The average molecular weight is 411 g/mol. The predicted octanol–water partition coefficient (Wildman–Crippen LogP) is 4.53. The Morgan fingerprint density at radius 2 is 1.72 bits per heavy atom. The Labute approximate surface area is 174 Å². The van der Waals surface area contributed by atoms with Gasteiger partial charge in [0.05, 0.1) is 10.6 Å². The van der Waals surface area contributed by atoms with Crippen LogP contribution >= 0.6 is 11.3 Å². The first-order valence-electron chi connectivity index (χ1n) is 9.45. The first-order valence-corrected chi connectivity index (χ1v) is 10.3. The van der Waals surface area contributed by atoms with Gasteiger partial charge in [0.1, 0.15) is 10.7 Å². The van der Waals surface area contributed by atoms with Crippen molar-refractivity contribution >= 4 is 39.1 Å². The number of hydrogen-bond donors (Lipinski definition) is 2. The van der Waals surface area contributed by atoms with E-state index in [0.717, 1.165) is 32.9 Å². The van der Waals surface area contributed by atoms with Gasteiger partial charge in [0, 0.05) is 29.1 Å². The van der Waals surface area contributed by atoms with Crippen molar-refractivity contribution in [3.63, 3.8) is 0 Å². The summed E-state index contributed by atoms with van der Waals surface area (Å²) in [5.41, 5.74) is 3.59. The summed E-state index contributed by atoms with van der Waals surface area (Å²) in [5.74, 6) is 0.364. The van der Waals surface area contributed by atoms with Crippen LogP contribution in [0.1, 0.15) is 63.4 Å². The standard InChI is InChI=1S/C22H26N4O2S/c1-11-8-9-14(18(27)23-7)10-15(11)25-19(28)17-12(2)16-13(3)24-21(22(4,5)6)26-20(16)29-17/h8-10H,1-7H3,(H,23,27)(H,25,28). The summed E-state index contributed by atoms with van der Waals surface area (Å²) in [7, 11) is 1.58. The number of amides is 2. The van der Waals surface area contributed by atoms with Gasteiger partial charge in [-0.15, -0.1) is 11.3 Å². The molecule has 7 heteroatoms. The number of anilines is 1. The second-order valence-corrected chi connectivity index (χ2v) is 9.18. The van der Waals surface area contributed by atoms with Gasteiger partial charge < -0.3 is 10.6 Å². The minimum Gasteiger partial charge on any atom is -0.355 e. The molecule has 0 fully saturated rings. The Hall–Kier alpha value is -2.80. The summed E-state index contributed by atoms with van der Waals surface area (Å²) in [6.45, 7) is 12.0. The van der Waals surface area contributed by atoms with Crippen LogP contribution in [0.4, 0.5) is 5.69 Å². The van der Waals surface area contributed by atoms with Crippen molar-refractivity contribution in [2.75, 3.05) is 12.4 Å². The highest BCUT2D eigenvalue weighted by atomic mass is 32.1. The third-order valence-corrected chi connectivity index (χ3v) is 6.01. The second kappa shape index (κ2) is 7.55. The number of nitrogens with one attached hydrogen (secondary N) is 2. The fourth-order valence-electron chi connectivity index (χ4n) is 3.11. The average Bonchev–Trinajstić information content (AvgIpc) is 2.99.